The highest BCUT2D eigenvalue weighted by Crippen LogP contribution is 2.33. The zero-order chi connectivity index (χ0) is 11.4. The third-order valence-electron chi connectivity index (χ3n) is 3.26. The van der Waals surface area contributed by atoms with E-state index >= 15 is 0 Å². The van der Waals surface area contributed by atoms with Crippen molar-refractivity contribution >= 4 is 37.9 Å². The van der Waals surface area contributed by atoms with Crippen LogP contribution in [0, 0.1) is 0 Å². The van der Waals surface area contributed by atoms with Crippen molar-refractivity contribution in [2.75, 3.05) is 0 Å². The normalized spacial score (nSPS) is 15.5. The maximum absolute atomic E-state index is 12.4. The number of hydrogen-bond acceptors (Lipinski definition) is 5. The summed E-state index contributed by atoms with van der Waals surface area (Å²) in [6, 6.07) is 0. The largest absolute Gasteiger partial charge is 0.284 e. The fraction of sp³-hybridized carbons (Fsp3) is 0.364. The minimum Gasteiger partial charge on any atom is -0.266 e. The molecule has 0 aliphatic heterocycles. The van der Waals surface area contributed by atoms with E-state index in [-0.39, 0.29) is 5.56 Å². The molecule has 1 aliphatic rings. The van der Waals surface area contributed by atoms with Crippen molar-refractivity contribution < 1.29 is 0 Å². The molecular formula is C11H9N3OS2. The zero-order valence-corrected chi connectivity index (χ0v) is 10.6. The molecule has 0 saturated heterocycles. The molecule has 0 radical (unpaired) electrons. The zero-order valence-electron chi connectivity index (χ0n) is 8.97. The summed E-state index contributed by atoms with van der Waals surface area (Å²) in [7, 11) is 0. The van der Waals surface area contributed by atoms with E-state index in [1.54, 1.807) is 16.8 Å². The molecule has 6 heteroatoms. The van der Waals surface area contributed by atoms with E-state index in [2.05, 4.69) is 10.1 Å². The van der Waals surface area contributed by atoms with Gasteiger partial charge < -0.3 is 0 Å². The van der Waals surface area contributed by atoms with Crippen molar-refractivity contribution in [3.63, 3.8) is 0 Å². The lowest BCUT2D eigenvalue weighted by Gasteiger charge is -2.09. The topological polar surface area (TPSA) is 47.3 Å². The van der Waals surface area contributed by atoms with Crippen LogP contribution in [0.15, 0.2) is 10.3 Å². The molecule has 3 aromatic heterocycles. The van der Waals surface area contributed by atoms with Gasteiger partial charge in [0.2, 0.25) is 4.96 Å². The van der Waals surface area contributed by atoms with Crippen LogP contribution in [0.4, 0.5) is 0 Å². The highest BCUT2D eigenvalue weighted by atomic mass is 32.1. The van der Waals surface area contributed by atoms with Crippen molar-refractivity contribution in [1.29, 1.82) is 0 Å². The standard InChI is InChI=1S/C11H9N3OS2/c15-10-8-6-3-1-2-4-7(6)17-9(8)13-11-14(10)12-5-16-11/h5H,1-4H2. The summed E-state index contributed by atoms with van der Waals surface area (Å²) >= 11 is 3.10. The molecule has 3 heterocycles. The second-order valence-corrected chi connectivity index (χ2v) is 6.14. The van der Waals surface area contributed by atoms with Crippen LogP contribution in [-0.4, -0.2) is 14.6 Å². The van der Waals surface area contributed by atoms with Crippen LogP contribution in [0.3, 0.4) is 0 Å². The number of aromatic nitrogens is 3. The number of hydrogen-bond donors (Lipinski definition) is 0. The Labute approximate surface area is 105 Å². The maximum atomic E-state index is 12.4. The van der Waals surface area contributed by atoms with Gasteiger partial charge in [-0.25, -0.2) is 4.98 Å². The predicted octanol–water partition coefficient (Wildman–Crippen LogP) is 2.24. The smallest absolute Gasteiger partial charge is 0.266 e. The molecule has 86 valence electrons. The minimum atomic E-state index is 0.00523. The van der Waals surface area contributed by atoms with E-state index in [1.165, 1.54) is 39.1 Å². The quantitative estimate of drug-likeness (QED) is 0.625. The van der Waals surface area contributed by atoms with Crippen LogP contribution in [0.5, 0.6) is 0 Å². The fourth-order valence-corrected chi connectivity index (χ4v) is 4.39. The highest BCUT2D eigenvalue weighted by Gasteiger charge is 2.20. The SMILES string of the molecule is O=c1c2c3c(sc2nc2scnn12)CCCC3. The summed E-state index contributed by atoms with van der Waals surface area (Å²) in [4.78, 5) is 19.8. The van der Waals surface area contributed by atoms with Crippen LogP contribution in [0.2, 0.25) is 0 Å². The van der Waals surface area contributed by atoms with Crippen molar-refractivity contribution in [3.05, 3.63) is 26.3 Å². The third kappa shape index (κ3) is 1.25. The van der Waals surface area contributed by atoms with Gasteiger partial charge in [0.15, 0.2) is 0 Å². The van der Waals surface area contributed by atoms with E-state index < -0.39 is 0 Å². The van der Waals surface area contributed by atoms with Gasteiger partial charge in [0, 0.05) is 4.88 Å². The number of aryl methyl sites for hydroxylation is 2. The van der Waals surface area contributed by atoms with E-state index in [1.807, 2.05) is 0 Å². The first-order valence-corrected chi connectivity index (χ1v) is 7.31. The number of thiophene rings is 1. The second-order valence-electron chi connectivity index (χ2n) is 4.24. The molecular weight excluding hydrogens is 254 g/mol. The predicted molar refractivity (Wildman–Crippen MR) is 69.2 cm³/mol. The van der Waals surface area contributed by atoms with Crippen molar-refractivity contribution in [2.45, 2.75) is 25.7 Å². The van der Waals surface area contributed by atoms with Crippen LogP contribution in [0.1, 0.15) is 23.3 Å². The lowest BCUT2D eigenvalue weighted by atomic mass is 9.97. The second kappa shape index (κ2) is 3.36. The first-order chi connectivity index (χ1) is 8.34. The van der Waals surface area contributed by atoms with Crippen LogP contribution in [0.25, 0.3) is 15.2 Å². The lowest BCUT2D eigenvalue weighted by Crippen LogP contribution is -2.15. The average molecular weight is 263 g/mol. The Hall–Kier alpha value is -1.27. The van der Waals surface area contributed by atoms with Gasteiger partial charge in [0.1, 0.15) is 10.3 Å². The Bertz CT molecular complexity index is 783. The maximum Gasteiger partial charge on any atom is 0.284 e. The van der Waals surface area contributed by atoms with Gasteiger partial charge in [0.05, 0.1) is 5.39 Å². The number of fused-ring (bicyclic) bond motifs is 4. The molecule has 1 aliphatic carbocycles. The molecule has 0 bridgehead atoms. The molecule has 0 spiro atoms. The fourth-order valence-electron chi connectivity index (χ4n) is 2.47. The summed E-state index contributed by atoms with van der Waals surface area (Å²) in [6.07, 6.45) is 4.52. The number of rotatable bonds is 0. The van der Waals surface area contributed by atoms with Gasteiger partial charge in [-0.05, 0) is 31.2 Å². The van der Waals surface area contributed by atoms with Crippen LogP contribution >= 0.6 is 22.7 Å². The lowest BCUT2D eigenvalue weighted by molar-refractivity contribution is 0.699. The highest BCUT2D eigenvalue weighted by molar-refractivity contribution is 7.19. The molecule has 0 unspecified atom stereocenters. The summed E-state index contributed by atoms with van der Waals surface area (Å²) < 4.78 is 1.43. The Kier molecular flexibility index (Phi) is 1.93. The Morgan fingerprint density at radius 1 is 1.29 bits per heavy atom. The molecule has 3 aromatic rings. The van der Waals surface area contributed by atoms with Gasteiger partial charge in [-0.1, -0.05) is 11.3 Å². The Morgan fingerprint density at radius 3 is 3.12 bits per heavy atom. The third-order valence-corrected chi connectivity index (χ3v) is 5.12. The van der Waals surface area contributed by atoms with Gasteiger partial charge in [0.25, 0.3) is 5.56 Å². The summed E-state index contributed by atoms with van der Waals surface area (Å²) in [6.45, 7) is 0. The average Bonchev–Trinajstić information content (AvgIpc) is 2.92. The first kappa shape index (κ1) is 9.73. The Balaban J connectivity index is 2.23. The molecule has 0 amide bonds. The Morgan fingerprint density at radius 2 is 2.18 bits per heavy atom. The molecule has 17 heavy (non-hydrogen) atoms. The van der Waals surface area contributed by atoms with E-state index in [0.717, 1.165) is 23.1 Å². The van der Waals surface area contributed by atoms with Crippen LogP contribution < -0.4 is 5.56 Å². The van der Waals surface area contributed by atoms with Gasteiger partial charge in [-0.3, -0.25) is 4.79 Å². The van der Waals surface area contributed by atoms with Gasteiger partial charge >= 0.3 is 0 Å². The first-order valence-electron chi connectivity index (χ1n) is 5.61. The van der Waals surface area contributed by atoms with Crippen molar-refractivity contribution in [2.24, 2.45) is 0 Å². The molecule has 0 saturated carbocycles. The molecule has 0 fully saturated rings. The van der Waals surface area contributed by atoms with E-state index in [9.17, 15) is 4.79 Å². The summed E-state index contributed by atoms with van der Waals surface area (Å²) in [5.74, 6) is 0. The van der Waals surface area contributed by atoms with Gasteiger partial charge in [-0.15, -0.1) is 11.3 Å². The monoisotopic (exact) mass is 263 g/mol. The molecule has 4 rings (SSSR count). The summed E-state index contributed by atoms with van der Waals surface area (Å²) in [5.41, 5.74) is 2.90. The van der Waals surface area contributed by atoms with Crippen molar-refractivity contribution in [1.82, 2.24) is 14.6 Å². The molecule has 0 aromatic carbocycles. The van der Waals surface area contributed by atoms with E-state index in [4.69, 9.17) is 0 Å². The number of nitrogens with zero attached hydrogens (tertiary/aromatic N) is 3. The van der Waals surface area contributed by atoms with Crippen molar-refractivity contribution in [3.8, 4) is 0 Å². The summed E-state index contributed by atoms with van der Waals surface area (Å²) in [5, 5.41) is 4.87. The molecule has 4 nitrogen and oxygen atoms in total. The molecule has 0 atom stereocenters. The molecule has 0 N–H and O–H groups in total. The van der Waals surface area contributed by atoms with Crippen LogP contribution in [-0.2, 0) is 12.8 Å². The van der Waals surface area contributed by atoms with E-state index in [0.29, 0.717) is 4.96 Å². The minimum absolute atomic E-state index is 0.00523. The van der Waals surface area contributed by atoms with Gasteiger partial charge in [-0.2, -0.15) is 9.61 Å².